The highest BCUT2D eigenvalue weighted by Gasteiger charge is 2.09. The fourth-order valence-corrected chi connectivity index (χ4v) is 1.26. The van der Waals surface area contributed by atoms with Gasteiger partial charge >= 0.3 is 5.97 Å². The Bertz CT molecular complexity index is 478. The quantitative estimate of drug-likeness (QED) is 0.507. The predicted octanol–water partition coefficient (Wildman–Crippen LogP) is 2.72. The van der Waals surface area contributed by atoms with Crippen LogP contribution in [0.2, 0.25) is 5.02 Å². The molecule has 0 unspecified atom stereocenters. The molecule has 0 heterocycles. The molecule has 0 amide bonds. The van der Waals surface area contributed by atoms with Crippen molar-refractivity contribution in [2.45, 2.75) is 6.92 Å². The van der Waals surface area contributed by atoms with Gasteiger partial charge in [0.2, 0.25) is 0 Å². The van der Waals surface area contributed by atoms with E-state index in [1.54, 1.807) is 37.3 Å². The van der Waals surface area contributed by atoms with Crippen LogP contribution in [0.15, 0.2) is 36.0 Å². The van der Waals surface area contributed by atoms with Crippen LogP contribution in [0.3, 0.4) is 0 Å². The molecule has 1 aromatic rings. The summed E-state index contributed by atoms with van der Waals surface area (Å²) in [6.07, 6.45) is 1.28. The van der Waals surface area contributed by atoms with E-state index in [9.17, 15) is 4.79 Å². The zero-order chi connectivity index (χ0) is 12.7. The Labute approximate surface area is 104 Å². The molecule has 0 aliphatic carbocycles. The highest BCUT2D eigenvalue weighted by molar-refractivity contribution is 6.33. The summed E-state index contributed by atoms with van der Waals surface area (Å²) >= 11 is 5.90. The second-order valence-electron chi connectivity index (χ2n) is 3.01. The standard InChI is InChI=1S/C12H11ClN2O2/c1-2-17-12(16)9(7-14)8-15-11-6-4-3-5-10(11)13/h3-6,8,15H,2H2,1H3/b9-8-. The average Bonchev–Trinajstić information content (AvgIpc) is 2.32. The number of nitrogens with zero attached hydrogens (tertiary/aromatic N) is 1. The first kappa shape index (κ1) is 13.1. The van der Waals surface area contributed by atoms with Gasteiger partial charge in [-0.05, 0) is 19.1 Å². The zero-order valence-electron chi connectivity index (χ0n) is 9.24. The number of carbonyl (C=O) groups excluding carboxylic acids is 1. The predicted molar refractivity (Wildman–Crippen MR) is 65.4 cm³/mol. The molecule has 1 N–H and O–H groups in total. The van der Waals surface area contributed by atoms with Crippen LogP contribution >= 0.6 is 11.6 Å². The van der Waals surface area contributed by atoms with Crippen molar-refractivity contribution in [3.63, 3.8) is 0 Å². The maximum Gasteiger partial charge on any atom is 0.350 e. The van der Waals surface area contributed by atoms with Gasteiger partial charge in [-0.1, -0.05) is 23.7 Å². The Morgan fingerprint density at radius 1 is 1.59 bits per heavy atom. The molecule has 88 valence electrons. The normalized spacial score (nSPS) is 10.5. The van der Waals surface area contributed by atoms with Gasteiger partial charge in [-0.3, -0.25) is 0 Å². The van der Waals surface area contributed by atoms with Crippen LogP contribution in [0.1, 0.15) is 6.92 Å². The number of nitrogens with one attached hydrogen (secondary N) is 1. The number of esters is 1. The molecule has 0 saturated carbocycles. The van der Waals surface area contributed by atoms with E-state index >= 15 is 0 Å². The Balaban J connectivity index is 2.79. The molecule has 5 heteroatoms. The number of hydrogen-bond donors (Lipinski definition) is 1. The molecule has 0 radical (unpaired) electrons. The number of carbonyl (C=O) groups is 1. The Kier molecular flexibility index (Phi) is 5.05. The molecule has 0 bridgehead atoms. The number of rotatable bonds is 4. The summed E-state index contributed by atoms with van der Waals surface area (Å²) in [5, 5.41) is 12.1. The van der Waals surface area contributed by atoms with Crippen molar-refractivity contribution in [2.75, 3.05) is 11.9 Å². The molecule has 0 fully saturated rings. The molecule has 4 nitrogen and oxygen atoms in total. The van der Waals surface area contributed by atoms with Gasteiger partial charge in [-0.25, -0.2) is 4.79 Å². The summed E-state index contributed by atoms with van der Waals surface area (Å²) < 4.78 is 4.71. The second-order valence-corrected chi connectivity index (χ2v) is 3.42. The number of benzene rings is 1. The van der Waals surface area contributed by atoms with Crippen molar-refractivity contribution >= 4 is 23.3 Å². The molecule has 0 saturated heterocycles. The highest BCUT2D eigenvalue weighted by Crippen LogP contribution is 2.20. The van der Waals surface area contributed by atoms with Crippen molar-refractivity contribution < 1.29 is 9.53 Å². The van der Waals surface area contributed by atoms with Gasteiger partial charge < -0.3 is 10.1 Å². The minimum absolute atomic E-state index is 0.105. The lowest BCUT2D eigenvalue weighted by atomic mass is 10.3. The van der Waals surface area contributed by atoms with Gasteiger partial charge in [0, 0.05) is 6.20 Å². The summed E-state index contributed by atoms with van der Waals surface area (Å²) in [7, 11) is 0. The lowest BCUT2D eigenvalue weighted by Crippen LogP contribution is -2.07. The minimum Gasteiger partial charge on any atom is -0.462 e. The number of nitriles is 1. The summed E-state index contributed by atoms with van der Waals surface area (Å²) in [5.41, 5.74) is 0.512. The van der Waals surface area contributed by atoms with Crippen LogP contribution < -0.4 is 5.32 Å². The van der Waals surface area contributed by atoms with Crippen molar-refractivity contribution in [3.05, 3.63) is 41.1 Å². The van der Waals surface area contributed by atoms with Crippen LogP contribution in [-0.4, -0.2) is 12.6 Å². The molecule has 17 heavy (non-hydrogen) atoms. The molecule has 0 atom stereocenters. The van der Waals surface area contributed by atoms with E-state index in [1.165, 1.54) is 6.20 Å². The maximum absolute atomic E-state index is 11.3. The molecule has 0 spiro atoms. The number of hydrogen-bond acceptors (Lipinski definition) is 4. The van der Waals surface area contributed by atoms with Crippen LogP contribution in [-0.2, 0) is 9.53 Å². The summed E-state index contributed by atoms with van der Waals surface area (Å²) in [6, 6.07) is 8.77. The van der Waals surface area contributed by atoms with Crippen LogP contribution in [0.5, 0.6) is 0 Å². The van der Waals surface area contributed by atoms with Crippen molar-refractivity contribution in [3.8, 4) is 6.07 Å². The van der Waals surface area contributed by atoms with E-state index in [2.05, 4.69) is 5.32 Å². The van der Waals surface area contributed by atoms with Crippen LogP contribution in [0.25, 0.3) is 0 Å². The summed E-state index contributed by atoms with van der Waals surface area (Å²) in [6.45, 7) is 1.90. The average molecular weight is 251 g/mol. The molecular weight excluding hydrogens is 240 g/mol. The number of anilines is 1. The first-order valence-electron chi connectivity index (χ1n) is 4.97. The van der Waals surface area contributed by atoms with Crippen LogP contribution in [0, 0.1) is 11.3 Å². The Morgan fingerprint density at radius 3 is 2.88 bits per heavy atom. The smallest absolute Gasteiger partial charge is 0.350 e. The zero-order valence-corrected chi connectivity index (χ0v) is 9.99. The largest absolute Gasteiger partial charge is 0.462 e. The van der Waals surface area contributed by atoms with Gasteiger partial charge in [0.1, 0.15) is 6.07 Å². The van der Waals surface area contributed by atoms with E-state index in [4.69, 9.17) is 21.6 Å². The van der Waals surface area contributed by atoms with E-state index in [-0.39, 0.29) is 12.2 Å². The van der Waals surface area contributed by atoms with Gasteiger partial charge in [0.05, 0.1) is 17.3 Å². The molecule has 1 aromatic carbocycles. The summed E-state index contributed by atoms with van der Waals surface area (Å²) in [4.78, 5) is 11.3. The fourth-order valence-electron chi connectivity index (χ4n) is 1.07. The van der Waals surface area contributed by atoms with Gasteiger partial charge in [0.15, 0.2) is 5.57 Å². The number of ether oxygens (including phenoxy) is 1. The first-order chi connectivity index (χ1) is 8.19. The van der Waals surface area contributed by atoms with E-state index in [0.29, 0.717) is 10.7 Å². The Hall–Kier alpha value is -1.99. The number of halogens is 1. The SMILES string of the molecule is CCOC(=O)/C(C#N)=C\Nc1ccccc1Cl. The molecule has 0 aliphatic heterocycles. The van der Waals surface area contributed by atoms with Gasteiger partial charge in [-0.15, -0.1) is 0 Å². The topological polar surface area (TPSA) is 62.1 Å². The molecule has 0 aliphatic rings. The maximum atomic E-state index is 11.3. The van der Waals surface area contributed by atoms with E-state index < -0.39 is 5.97 Å². The molecule has 1 rings (SSSR count). The third-order valence-corrected chi connectivity index (χ3v) is 2.19. The van der Waals surface area contributed by atoms with Crippen LogP contribution in [0.4, 0.5) is 5.69 Å². The van der Waals surface area contributed by atoms with Crippen molar-refractivity contribution in [1.82, 2.24) is 0 Å². The third kappa shape index (κ3) is 3.82. The highest BCUT2D eigenvalue weighted by atomic mass is 35.5. The Morgan fingerprint density at radius 2 is 2.29 bits per heavy atom. The molecular formula is C12H11ClN2O2. The van der Waals surface area contributed by atoms with Crippen molar-refractivity contribution in [1.29, 1.82) is 5.26 Å². The number of para-hydroxylation sites is 1. The van der Waals surface area contributed by atoms with Gasteiger partial charge in [0.25, 0.3) is 0 Å². The first-order valence-corrected chi connectivity index (χ1v) is 5.35. The van der Waals surface area contributed by atoms with Crippen molar-refractivity contribution in [2.24, 2.45) is 0 Å². The van der Waals surface area contributed by atoms with Gasteiger partial charge in [-0.2, -0.15) is 5.26 Å². The van der Waals surface area contributed by atoms with E-state index in [0.717, 1.165) is 0 Å². The lowest BCUT2D eigenvalue weighted by molar-refractivity contribution is -0.138. The summed E-state index contributed by atoms with van der Waals surface area (Å²) in [5.74, 6) is -0.658. The third-order valence-electron chi connectivity index (χ3n) is 1.86. The molecule has 0 aromatic heterocycles. The fraction of sp³-hybridized carbons (Fsp3) is 0.167. The lowest BCUT2D eigenvalue weighted by Gasteiger charge is -2.04. The monoisotopic (exact) mass is 250 g/mol. The minimum atomic E-state index is -0.658. The second kappa shape index (κ2) is 6.56. The van der Waals surface area contributed by atoms with E-state index in [1.807, 2.05) is 0 Å².